The van der Waals surface area contributed by atoms with Crippen LogP contribution in [0, 0.1) is 19.7 Å². The molecule has 4 nitrogen and oxygen atoms in total. The number of hydrogen-bond acceptors (Lipinski definition) is 2. The summed E-state index contributed by atoms with van der Waals surface area (Å²) in [4.78, 5) is 14.0. The second kappa shape index (κ2) is 7.13. The van der Waals surface area contributed by atoms with Gasteiger partial charge in [0.2, 0.25) is 0 Å². The molecule has 0 atom stereocenters. The van der Waals surface area contributed by atoms with Crippen molar-refractivity contribution in [1.29, 1.82) is 0 Å². The predicted molar refractivity (Wildman–Crippen MR) is 92.5 cm³/mol. The third-order valence-corrected chi connectivity index (χ3v) is 3.65. The molecule has 0 spiro atoms. The smallest absolute Gasteiger partial charge is 0.319 e. The predicted octanol–water partition coefficient (Wildman–Crippen LogP) is 3.83. The Morgan fingerprint density at radius 1 is 1.09 bits per heavy atom. The standard InChI is InChI=1S/C18H22FN3O/c1-12-9-14(5-7-16(12)19)11-20-18(23)21-17-8-6-15(22(3)4)10-13(17)2/h5-10H,11H2,1-4H3,(H2,20,21,23). The van der Waals surface area contributed by atoms with Crippen molar-refractivity contribution < 1.29 is 9.18 Å². The minimum atomic E-state index is -0.285. The van der Waals surface area contributed by atoms with Gasteiger partial charge in [-0.3, -0.25) is 0 Å². The maximum atomic E-state index is 13.2. The monoisotopic (exact) mass is 315 g/mol. The van der Waals surface area contributed by atoms with Gasteiger partial charge in [0.05, 0.1) is 0 Å². The zero-order valence-corrected chi connectivity index (χ0v) is 13.9. The summed E-state index contributed by atoms with van der Waals surface area (Å²) in [6, 6.07) is 10.4. The molecular formula is C18H22FN3O. The van der Waals surface area contributed by atoms with Gasteiger partial charge in [0.15, 0.2) is 0 Å². The molecule has 2 N–H and O–H groups in total. The summed E-state index contributed by atoms with van der Waals surface area (Å²) in [6.45, 7) is 4.00. The SMILES string of the molecule is Cc1cc(CNC(=O)Nc2ccc(N(C)C)cc2C)ccc1F. The van der Waals surface area contributed by atoms with Crippen LogP contribution in [0.5, 0.6) is 0 Å². The highest BCUT2D eigenvalue weighted by molar-refractivity contribution is 5.90. The molecule has 23 heavy (non-hydrogen) atoms. The van der Waals surface area contributed by atoms with E-state index in [1.165, 1.54) is 6.07 Å². The summed E-state index contributed by atoms with van der Waals surface area (Å²) < 4.78 is 13.2. The van der Waals surface area contributed by atoms with Crippen LogP contribution in [0.4, 0.5) is 20.6 Å². The molecule has 2 rings (SSSR count). The number of halogens is 1. The molecule has 2 aromatic carbocycles. The van der Waals surface area contributed by atoms with Crippen molar-refractivity contribution in [2.24, 2.45) is 0 Å². The lowest BCUT2D eigenvalue weighted by molar-refractivity contribution is 0.251. The minimum Gasteiger partial charge on any atom is -0.378 e. The fourth-order valence-electron chi connectivity index (χ4n) is 2.23. The molecule has 0 fully saturated rings. The topological polar surface area (TPSA) is 44.4 Å². The Hall–Kier alpha value is -2.56. The average Bonchev–Trinajstić information content (AvgIpc) is 2.50. The van der Waals surface area contributed by atoms with Crippen molar-refractivity contribution in [2.75, 3.05) is 24.3 Å². The third kappa shape index (κ3) is 4.45. The number of nitrogens with zero attached hydrogens (tertiary/aromatic N) is 1. The zero-order chi connectivity index (χ0) is 17.0. The van der Waals surface area contributed by atoms with Crippen molar-refractivity contribution in [3.63, 3.8) is 0 Å². The van der Waals surface area contributed by atoms with Gasteiger partial charge < -0.3 is 15.5 Å². The van der Waals surface area contributed by atoms with E-state index in [0.29, 0.717) is 12.1 Å². The molecule has 0 saturated carbocycles. The highest BCUT2D eigenvalue weighted by Gasteiger charge is 2.06. The highest BCUT2D eigenvalue weighted by atomic mass is 19.1. The summed E-state index contributed by atoms with van der Waals surface area (Å²) in [5.74, 6) is -0.241. The van der Waals surface area contributed by atoms with Crippen LogP contribution in [0.25, 0.3) is 0 Å². The Kier molecular flexibility index (Phi) is 5.21. The second-order valence-corrected chi connectivity index (χ2v) is 5.78. The van der Waals surface area contributed by atoms with E-state index in [0.717, 1.165) is 22.5 Å². The number of urea groups is 1. The van der Waals surface area contributed by atoms with Gasteiger partial charge in [0.1, 0.15) is 5.82 Å². The number of rotatable bonds is 4. The normalized spacial score (nSPS) is 10.3. The van der Waals surface area contributed by atoms with E-state index in [-0.39, 0.29) is 11.8 Å². The quantitative estimate of drug-likeness (QED) is 0.900. The molecule has 2 amide bonds. The number of nitrogens with one attached hydrogen (secondary N) is 2. The Morgan fingerprint density at radius 3 is 2.43 bits per heavy atom. The van der Waals surface area contributed by atoms with Crippen molar-refractivity contribution in [2.45, 2.75) is 20.4 Å². The summed E-state index contributed by atoms with van der Waals surface area (Å²) in [7, 11) is 3.94. The van der Waals surface area contributed by atoms with Gasteiger partial charge in [0, 0.05) is 32.0 Å². The van der Waals surface area contributed by atoms with Gasteiger partial charge >= 0.3 is 6.03 Å². The number of carbonyl (C=O) groups excluding carboxylic acids is 1. The maximum Gasteiger partial charge on any atom is 0.319 e. The molecule has 122 valence electrons. The van der Waals surface area contributed by atoms with E-state index in [1.54, 1.807) is 19.1 Å². The van der Waals surface area contributed by atoms with Gasteiger partial charge in [0.25, 0.3) is 0 Å². The summed E-state index contributed by atoms with van der Waals surface area (Å²) >= 11 is 0. The molecule has 0 aliphatic rings. The summed E-state index contributed by atoms with van der Waals surface area (Å²) in [5.41, 5.74) is 4.26. The zero-order valence-electron chi connectivity index (χ0n) is 13.9. The number of anilines is 2. The van der Waals surface area contributed by atoms with E-state index in [1.807, 2.05) is 44.1 Å². The highest BCUT2D eigenvalue weighted by Crippen LogP contribution is 2.21. The molecule has 0 saturated heterocycles. The van der Waals surface area contributed by atoms with Crippen molar-refractivity contribution in [3.8, 4) is 0 Å². The summed E-state index contributed by atoms with van der Waals surface area (Å²) in [5, 5.41) is 5.61. The van der Waals surface area contributed by atoms with Gasteiger partial charge in [-0.05, 0) is 54.8 Å². The summed E-state index contributed by atoms with van der Waals surface area (Å²) in [6.07, 6.45) is 0. The van der Waals surface area contributed by atoms with Crippen molar-refractivity contribution in [1.82, 2.24) is 5.32 Å². The number of hydrogen-bond donors (Lipinski definition) is 2. The molecule has 0 aliphatic carbocycles. The van der Waals surface area contributed by atoms with Gasteiger partial charge in [-0.15, -0.1) is 0 Å². The molecule has 0 aromatic heterocycles. The number of aryl methyl sites for hydroxylation is 2. The first-order chi connectivity index (χ1) is 10.9. The van der Waals surface area contributed by atoms with Crippen LogP contribution in [-0.4, -0.2) is 20.1 Å². The Labute approximate surface area is 136 Å². The molecule has 0 radical (unpaired) electrons. The van der Waals surface area contributed by atoms with Gasteiger partial charge in [-0.25, -0.2) is 9.18 Å². The molecule has 0 bridgehead atoms. The van der Waals surface area contributed by atoms with Crippen molar-refractivity contribution in [3.05, 3.63) is 58.9 Å². The number of benzene rings is 2. The van der Waals surface area contributed by atoms with Crippen LogP contribution >= 0.6 is 0 Å². The lowest BCUT2D eigenvalue weighted by atomic mass is 10.1. The van der Waals surface area contributed by atoms with E-state index >= 15 is 0 Å². The molecular weight excluding hydrogens is 293 g/mol. The van der Waals surface area contributed by atoms with E-state index < -0.39 is 0 Å². The van der Waals surface area contributed by atoms with Crippen LogP contribution in [0.15, 0.2) is 36.4 Å². The third-order valence-electron chi connectivity index (χ3n) is 3.65. The Morgan fingerprint density at radius 2 is 1.83 bits per heavy atom. The second-order valence-electron chi connectivity index (χ2n) is 5.78. The Balaban J connectivity index is 1.95. The average molecular weight is 315 g/mol. The number of amides is 2. The fourth-order valence-corrected chi connectivity index (χ4v) is 2.23. The minimum absolute atomic E-state index is 0.241. The molecule has 0 aliphatic heterocycles. The van der Waals surface area contributed by atoms with Crippen LogP contribution in [0.2, 0.25) is 0 Å². The lowest BCUT2D eigenvalue weighted by Gasteiger charge is -2.16. The van der Waals surface area contributed by atoms with E-state index in [2.05, 4.69) is 10.6 Å². The molecule has 0 unspecified atom stereocenters. The Bertz CT molecular complexity index is 713. The van der Waals surface area contributed by atoms with Gasteiger partial charge in [-0.1, -0.05) is 12.1 Å². The van der Waals surface area contributed by atoms with Crippen LogP contribution in [0.1, 0.15) is 16.7 Å². The lowest BCUT2D eigenvalue weighted by Crippen LogP contribution is -2.28. The first-order valence-corrected chi connectivity index (χ1v) is 7.44. The van der Waals surface area contributed by atoms with Gasteiger partial charge in [-0.2, -0.15) is 0 Å². The first-order valence-electron chi connectivity index (χ1n) is 7.44. The van der Waals surface area contributed by atoms with Crippen molar-refractivity contribution >= 4 is 17.4 Å². The first kappa shape index (κ1) is 16.8. The van der Waals surface area contributed by atoms with Crippen LogP contribution in [-0.2, 0) is 6.54 Å². The maximum absolute atomic E-state index is 13.2. The molecule has 5 heteroatoms. The largest absolute Gasteiger partial charge is 0.378 e. The van der Waals surface area contributed by atoms with E-state index in [9.17, 15) is 9.18 Å². The van der Waals surface area contributed by atoms with Crippen LogP contribution in [0.3, 0.4) is 0 Å². The number of carbonyl (C=O) groups is 1. The molecule has 0 heterocycles. The van der Waals surface area contributed by atoms with Crippen LogP contribution < -0.4 is 15.5 Å². The fraction of sp³-hybridized carbons (Fsp3) is 0.278. The van der Waals surface area contributed by atoms with E-state index in [4.69, 9.17) is 0 Å². The molecule has 2 aromatic rings.